The highest BCUT2D eigenvalue weighted by molar-refractivity contribution is 5.73. The fraction of sp³-hybridized carbons (Fsp3) is 0.409. The highest BCUT2D eigenvalue weighted by Gasteiger charge is 2.26. The van der Waals surface area contributed by atoms with E-state index in [4.69, 9.17) is 9.72 Å². The molecule has 1 fully saturated rings. The van der Waals surface area contributed by atoms with Gasteiger partial charge >= 0.3 is 0 Å². The minimum Gasteiger partial charge on any atom is -0.489 e. The average molecular weight is 393 g/mol. The summed E-state index contributed by atoms with van der Waals surface area (Å²) < 4.78 is 6.18. The lowest BCUT2D eigenvalue weighted by atomic mass is 10.1. The number of nitrogens with zero attached hydrogens (tertiary/aromatic N) is 4. The summed E-state index contributed by atoms with van der Waals surface area (Å²) in [6.07, 6.45) is 7.18. The van der Waals surface area contributed by atoms with Crippen LogP contribution < -0.4 is 19.9 Å². The van der Waals surface area contributed by atoms with Crippen LogP contribution in [0.1, 0.15) is 31.9 Å². The molecule has 2 aliphatic heterocycles. The van der Waals surface area contributed by atoms with Crippen LogP contribution in [0.2, 0.25) is 0 Å². The molecule has 1 aromatic carbocycles. The first-order valence-electron chi connectivity index (χ1n) is 10.1. The van der Waals surface area contributed by atoms with Crippen LogP contribution in [0.5, 0.6) is 5.75 Å². The monoisotopic (exact) mass is 393 g/mol. The van der Waals surface area contributed by atoms with Gasteiger partial charge in [0.25, 0.3) is 0 Å². The molecular weight excluding hydrogens is 366 g/mol. The molecule has 7 heteroatoms. The minimum absolute atomic E-state index is 0.0127. The standard InChI is InChI=1S/C22H27N5O2/c1-16(24-17(2)28)18-5-7-19(8-6-18)29-20-10-14-27(15-20)21-9-11-23-22(25-21)26-12-3-4-13-26/h3-9,11,16,20H,10,12-15H2,1-2H3,(H,24,28)/t16-,20+/m0/s1. The zero-order chi connectivity index (χ0) is 20.2. The largest absolute Gasteiger partial charge is 0.489 e. The molecule has 1 amide bonds. The Labute approximate surface area is 171 Å². The van der Waals surface area contributed by atoms with E-state index in [-0.39, 0.29) is 18.1 Å². The van der Waals surface area contributed by atoms with Crippen molar-refractivity contribution in [2.75, 3.05) is 36.0 Å². The molecule has 29 heavy (non-hydrogen) atoms. The summed E-state index contributed by atoms with van der Waals surface area (Å²) in [5.74, 6) is 2.55. The molecule has 4 rings (SSSR count). The molecule has 0 unspecified atom stereocenters. The molecule has 0 spiro atoms. The number of rotatable bonds is 6. The van der Waals surface area contributed by atoms with Gasteiger partial charge < -0.3 is 19.9 Å². The maximum Gasteiger partial charge on any atom is 0.227 e. The van der Waals surface area contributed by atoms with Crippen LogP contribution in [0.4, 0.5) is 11.8 Å². The Morgan fingerprint density at radius 3 is 2.66 bits per heavy atom. The number of carbonyl (C=O) groups is 1. The number of aromatic nitrogens is 2. The van der Waals surface area contributed by atoms with Crippen molar-refractivity contribution in [3.8, 4) is 5.75 Å². The third-order valence-electron chi connectivity index (χ3n) is 5.30. The van der Waals surface area contributed by atoms with Crippen molar-refractivity contribution >= 4 is 17.7 Å². The Kier molecular flexibility index (Phi) is 5.64. The summed E-state index contributed by atoms with van der Waals surface area (Å²) in [6, 6.07) is 9.90. The smallest absolute Gasteiger partial charge is 0.227 e. The molecule has 152 valence electrons. The molecule has 0 saturated carbocycles. The first kappa shape index (κ1) is 19.2. The minimum atomic E-state index is -0.0299. The Morgan fingerprint density at radius 1 is 1.17 bits per heavy atom. The van der Waals surface area contributed by atoms with Crippen LogP contribution in [0.25, 0.3) is 0 Å². The Morgan fingerprint density at radius 2 is 1.93 bits per heavy atom. The zero-order valence-electron chi connectivity index (χ0n) is 16.9. The van der Waals surface area contributed by atoms with Crippen LogP contribution in [0, 0.1) is 0 Å². The van der Waals surface area contributed by atoms with Gasteiger partial charge in [-0.1, -0.05) is 24.3 Å². The number of nitrogens with one attached hydrogen (secondary N) is 1. The molecule has 7 nitrogen and oxygen atoms in total. The van der Waals surface area contributed by atoms with Gasteiger partial charge in [0.05, 0.1) is 12.6 Å². The zero-order valence-corrected chi connectivity index (χ0v) is 16.9. The normalized spacial score (nSPS) is 19.4. The van der Waals surface area contributed by atoms with E-state index in [1.807, 2.05) is 43.5 Å². The quantitative estimate of drug-likeness (QED) is 0.761. The van der Waals surface area contributed by atoms with Crippen molar-refractivity contribution < 1.29 is 9.53 Å². The molecule has 0 radical (unpaired) electrons. The van der Waals surface area contributed by atoms with E-state index in [9.17, 15) is 4.79 Å². The Balaban J connectivity index is 1.34. The van der Waals surface area contributed by atoms with Crippen LogP contribution in [0.15, 0.2) is 48.7 Å². The molecular formula is C22H27N5O2. The van der Waals surface area contributed by atoms with Crippen LogP contribution in [-0.2, 0) is 4.79 Å². The number of benzene rings is 1. The molecule has 2 aromatic rings. The third kappa shape index (κ3) is 4.67. The molecule has 0 aliphatic carbocycles. The lowest BCUT2D eigenvalue weighted by Crippen LogP contribution is -2.27. The van der Waals surface area contributed by atoms with Crippen molar-refractivity contribution in [2.24, 2.45) is 0 Å². The van der Waals surface area contributed by atoms with Gasteiger partial charge in [-0.25, -0.2) is 4.98 Å². The predicted octanol–water partition coefficient (Wildman–Crippen LogP) is 2.71. The lowest BCUT2D eigenvalue weighted by Gasteiger charge is -2.21. The van der Waals surface area contributed by atoms with Crippen molar-refractivity contribution in [1.29, 1.82) is 0 Å². The average Bonchev–Trinajstić information content (AvgIpc) is 3.40. The Bertz CT molecular complexity index is 875. The molecule has 1 saturated heterocycles. The summed E-state index contributed by atoms with van der Waals surface area (Å²) in [5, 5.41) is 2.89. The number of carbonyl (C=O) groups excluding carboxylic acids is 1. The summed E-state index contributed by atoms with van der Waals surface area (Å²) in [5.41, 5.74) is 1.06. The summed E-state index contributed by atoms with van der Waals surface area (Å²) >= 11 is 0. The molecule has 3 heterocycles. The van der Waals surface area contributed by atoms with E-state index in [1.54, 1.807) is 0 Å². The van der Waals surface area contributed by atoms with Gasteiger partial charge in [-0.05, 0) is 30.7 Å². The van der Waals surface area contributed by atoms with Crippen molar-refractivity contribution in [3.63, 3.8) is 0 Å². The van der Waals surface area contributed by atoms with Crippen LogP contribution in [-0.4, -0.2) is 48.2 Å². The fourth-order valence-corrected chi connectivity index (χ4v) is 3.76. The van der Waals surface area contributed by atoms with E-state index < -0.39 is 0 Å². The van der Waals surface area contributed by atoms with Crippen LogP contribution >= 0.6 is 0 Å². The highest BCUT2D eigenvalue weighted by atomic mass is 16.5. The molecule has 1 aromatic heterocycles. The van der Waals surface area contributed by atoms with Gasteiger partial charge in [-0.2, -0.15) is 4.98 Å². The van der Waals surface area contributed by atoms with Gasteiger partial charge in [0, 0.05) is 39.2 Å². The Hall–Kier alpha value is -3.09. The molecule has 2 atom stereocenters. The van der Waals surface area contributed by atoms with E-state index >= 15 is 0 Å². The summed E-state index contributed by atoms with van der Waals surface area (Å²) in [7, 11) is 0. The number of ether oxygens (including phenoxy) is 1. The molecule has 2 aliphatic rings. The first-order chi connectivity index (χ1) is 14.1. The van der Waals surface area contributed by atoms with Crippen LogP contribution in [0.3, 0.4) is 0 Å². The second kappa shape index (κ2) is 8.51. The third-order valence-corrected chi connectivity index (χ3v) is 5.30. The van der Waals surface area contributed by atoms with E-state index in [2.05, 4.69) is 32.3 Å². The number of hydrogen-bond acceptors (Lipinski definition) is 6. The molecule has 0 bridgehead atoms. The van der Waals surface area contributed by atoms with Crippen molar-refractivity contribution in [1.82, 2.24) is 15.3 Å². The lowest BCUT2D eigenvalue weighted by molar-refractivity contribution is -0.119. The highest BCUT2D eigenvalue weighted by Crippen LogP contribution is 2.25. The van der Waals surface area contributed by atoms with E-state index in [0.717, 1.165) is 55.7 Å². The number of amides is 1. The van der Waals surface area contributed by atoms with Crippen molar-refractivity contribution in [2.45, 2.75) is 32.4 Å². The maximum absolute atomic E-state index is 11.2. The van der Waals surface area contributed by atoms with Gasteiger partial charge in [-0.3, -0.25) is 4.79 Å². The number of hydrogen-bond donors (Lipinski definition) is 1. The second-order valence-electron chi connectivity index (χ2n) is 7.56. The molecule has 1 N–H and O–H groups in total. The summed E-state index contributed by atoms with van der Waals surface area (Å²) in [4.78, 5) is 24.8. The van der Waals surface area contributed by atoms with Gasteiger partial charge in [0.15, 0.2) is 0 Å². The summed E-state index contributed by atoms with van der Waals surface area (Å²) in [6.45, 7) is 6.95. The fourth-order valence-electron chi connectivity index (χ4n) is 3.76. The van der Waals surface area contributed by atoms with Crippen molar-refractivity contribution in [3.05, 3.63) is 54.2 Å². The maximum atomic E-state index is 11.2. The van der Waals surface area contributed by atoms with E-state index in [1.165, 1.54) is 6.92 Å². The van der Waals surface area contributed by atoms with Gasteiger partial charge in [0.2, 0.25) is 11.9 Å². The first-order valence-corrected chi connectivity index (χ1v) is 10.1. The SMILES string of the molecule is CC(=O)N[C@@H](C)c1ccc(O[C@@H]2CCN(c3ccnc(N4CC=CC4)n3)C2)cc1. The number of anilines is 2. The topological polar surface area (TPSA) is 70.6 Å². The predicted molar refractivity (Wildman–Crippen MR) is 113 cm³/mol. The second-order valence-corrected chi connectivity index (χ2v) is 7.56. The van der Waals surface area contributed by atoms with E-state index in [0.29, 0.717) is 0 Å². The van der Waals surface area contributed by atoms with Gasteiger partial charge in [0.1, 0.15) is 17.7 Å². The van der Waals surface area contributed by atoms with Gasteiger partial charge in [-0.15, -0.1) is 0 Å².